The number of fused-ring (bicyclic) bond motifs is 1. The molecule has 1 saturated heterocycles. The summed E-state index contributed by atoms with van der Waals surface area (Å²) in [6.45, 7) is 8.05. The molecular weight excluding hydrogens is 400 g/mol. The van der Waals surface area contributed by atoms with Crippen LogP contribution in [0.25, 0.3) is 0 Å². The van der Waals surface area contributed by atoms with Gasteiger partial charge < -0.3 is 15.0 Å². The molecule has 2 atom stereocenters. The molecule has 0 radical (unpaired) electrons. The predicted octanol–water partition coefficient (Wildman–Crippen LogP) is 4.46. The molecule has 1 aliphatic carbocycles. The zero-order valence-corrected chi connectivity index (χ0v) is 19.2. The molecule has 1 aliphatic heterocycles. The van der Waals surface area contributed by atoms with Crippen LogP contribution in [-0.4, -0.2) is 49.4 Å². The minimum absolute atomic E-state index is 0.0927. The Labute approximate surface area is 191 Å². The fourth-order valence-corrected chi connectivity index (χ4v) is 5.02. The van der Waals surface area contributed by atoms with Crippen molar-refractivity contribution in [3.8, 4) is 5.75 Å². The van der Waals surface area contributed by atoms with Crippen LogP contribution < -0.4 is 10.1 Å². The highest BCUT2D eigenvalue weighted by molar-refractivity contribution is 6.00. The molecule has 2 aromatic carbocycles. The van der Waals surface area contributed by atoms with Crippen LogP contribution in [0.1, 0.15) is 70.9 Å². The maximum atomic E-state index is 12.6. The van der Waals surface area contributed by atoms with Gasteiger partial charge in [-0.3, -0.25) is 9.59 Å². The van der Waals surface area contributed by atoms with E-state index in [2.05, 4.69) is 17.4 Å². The molecule has 2 aromatic rings. The Balaban J connectivity index is 1.46. The number of aryl methyl sites for hydroxylation is 1. The first-order valence-electron chi connectivity index (χ1n) is 12.0. The molecule has 0 spiro atoms. The first kappa shape index (κ1) is 22.5. The van der Waals surface area contributed by atoms with Crippen LogP contribution in [0.3, 0.4) is 0 Å². The number of Topliss-reactive ketones (excluding diaryl/α,β-unsaturated/α-hetero) is 1. The van der Waals surface area contributed by atoms with Gasteiger partial charge in [-0.1, -0.05) is 18.2 Å². The van der Waals surface area contributed by atoms with Gasteiger partial charge in [0.1, 0.15) is 5.75 Å². The molecule has 5 nitrogen and oxygen atoms in total. The normalized spacial score (nSPS) is 20.5. The van der Waals surface area contributed by atoms with Gasteiger partial charge >= 0.3 is 0 Å². The van der Waals surface area contributed by atoms with E-state index < -0.39 is 0 Å². The van der Waals surface area contributed by atoms with Gasteiger partial charge in [0.25, 0.3) is 5.91 Å². The summed E-state index contributed by atoms with van der Waals surface area (Å²) in [5.74, 6) is 1.85. The molecule has 1 amide bonds. The van der Waals surface area contributed by atoms with E-state index in [4.69, 9.17) is 4.74 Å². The van der Waals surface area contributed by atoms with Gasteiger partial charge in [-0.2, -0.15) is 0 Å². The Bertz CT molecular complexity index is 950. The van der Waals surface area contributed by atoms with E-state index in [1.165, 1.54) is 5.56 Å². The largest absolute Gasteiger partial charge is 0.493 e. The molecule has 2 aliphatic rings. The van der Waals surface area contributed by atoms with Crippen molar-refractivity contribution in [2.75, 3.05) is 32.8 Å². The van der Waals surface area contributed by atoms with E-state index in [9.17, 15) is 9.59 Å². The third kappa shape index (κ3) is 4.88. The van der Waals surface area contributed by atoms with Crippen molar-refractivity contribution in [2.45, 2.75) is 45.4 Å². The summed E-state index contributed by atoms with van der Waals surface area (Å²) in [6.07, 6.45) is 3.54. The Morgan fingerprint density at radius 2 is 1.78 bits per heavy atom. The number of ketones is 1. The smallest absolute Gasteiger partial charge is 0.253 e. The number of ether oxygens (including phenoxy) is 1. The van der Waals surface area contributed by atoms with Gasteiger partial charge in [-0.05, 0) is 87.5 Å². The SMILES string of the molecule is CCN(CC)C(=O)c1ccc([C@H]2CCNCC[C@@H]2COc2ccc3c(c2)C(=O)CC3)cc1. The molecule has 0 aromatic heterocycles. The Hall–Kier alpha value is -2.66. The topological polar surface area (TPSA) is 58.6 Å². The summed E-state index contributed by atoms with van der Waals surface area (Å²) < 4.78 is 6.21. The number of benzene rings is 2. The maximum absolute atomic E-state index is 12.6. The lowest BCUT2D eigenvalue weighted by molar-refractivity contribution is 0.0772. The van der Waals surface area contributed by atoms with Crippen LogP contribution in [0.5, 0.6) is 5.75 Å². The van der Waals surface area contributed by atoms with Gasteiger partial charge in [-0.15, -0.1) is 0 Å². The highest BCUT2D eigenvalue weighted by Crippen LogP contribution is 2.33. The number of hydrogen-bond donors (Lipinski definition) is 1. The fourth-order valence-electron chi connectivity index (χ4n) is 5.02. The van der Waals surface area contributed by atoms with E-state index in [0.29, 0.717) is 24.9 Å². The molecular formula is C27H34N2O3. The van der Waals surface area contributed by atoms with Crippen molar-refractivity contribution in [3.63, 3.8) is 0 Å². The minimum atomic E-state index is 0.0927. The van der Waals surface area contributed by atoms with Crippen LogP contribution in [-0.2, 0) is 6.42 Å². The van der Waals surface area contributed by atoms with Gasteiger partial charge in [0.05, 0.1) is 6.61 Å². The minimum Gasteiger partial charge on any atom is -0.493 e. The fraction of sp³-hybridized carbons (Fsp3) is 0.481. The summed E-state index contributed by atoms with van der Waals surface area (Å²) in [6, 6.07) is 14.1. The lowest BCUT2D eigenvalue weighted by Crippen LogP contribution is -2.30. The third-order valence-electron chi connectivity index (χ3n) is 7.00. The summed E-state index contributed by atoms with van der Waals surface area (Å²) in [4.78, 5) is 26.6. The first-order valence-corrected chi connectivity index (χ1v) is 12.0. The molecule has 0 saturated carbocycles. The zero-order valence-electron chi connectivity index (χ0n) is 19.2. The van der Waals surface area contributed by atoms with Gasteiger partial charge in [0.15, 0.2) is 5.78 Å². The molecule has 170 valence electrons. The Kier molecular flexibility index (Phi) is 7.26. The highest BCUT2D eigenvalue weighted by atomic mass is 16.5. The number of nitrogens with zero attached hydrogens (tertiary/aromatic N) is 1. The maximum Gasteiger partial charge on any atom is 0.253 e. The van der Waals surface area contributed by atoms with E-state index in [1.807, 2.05) is 49.1 Å². The average Bonchev–Trinajstić information content (AvgIpc) is 3.04. The van der Waals surface area contributed by atoms with Crippen LogP contribution in [0.4, 0.5) is 0 Å². The molecule has 1 heterocycles. The van der Waals surface area contributed by atoms with E-state index in [1.54, 1.807) is 0 Å². The second-order valence-corrected chi connectivity index (χ2v) is 8.85. The van der Waals surface area contributed by atoms with Gasteiger partial charge in [0, 0.05) is 36.6 Å². The second-order valence-electron chi connectivity index (χ2n) is 8.85. The molecule has 0 unspecified atom stereocenters. The number of hydrogen-bond acceptors (Lipinski definition) is 4. The van der Waals surface area contributed by atoms with Crippen molar-refractivity contribution in [3.05, 3.63) is 64.7 Å². The number of amides is 1. The molecule has 1 fully saturated rings. The summed E-state index contributed by atoms with van der Waals surface area (Å²) in [5.41, 5.74) is 3.98. The van der Waals surface area contributed by atoms with Crippen LogP contribution in [0.15, 0.2) is 42.5 Å². The standard InChI is InChI=1S/C27H34N2O3/c1-3-29(4-2)27(31)21-7-5-19(6-8-21)24-14-16-28-15-13-22(24)18-32-23-11-9-20-10-12-26(30)25(20)17-23/h5-9,11,17,22,24,28H,3-4,10,12-16,18H2,1-2H3/t22-,24-/m1/s1. The van der Waals surface area contributed by atoms with Crippen molar-refractivity contribution in [1.82, 2.24) is 10.2 Å². The lowest BCUT2D eigenvalue weighted by Gasteiger charge is -2.26. The lowest BCUT2D eigenvalue weighted by atomic mass is 9.82. The molecule has 5 heteroatoms. The average molecular weight is 435 g/mol. The predicted molar refractivity (Wildman–Crippen MR) is 127 cm³/mol. The number of carbonyl (C=O) groups excluding carboxylic acids is 2. The summed E-state index contributed by atoms with van der Waals surface area (Å²) in [7, 11) is 0. The number of carbonyl (C=O) groups is 2. The first-order chi connectivity index (χ1) is 15.6. The van der Waals surface area contributed by atoms with Crippen molar-refractivity contribution in [1.29, 1.82) is 0 Å². The van der Waals surface area contributed by atoms with Crippen molar-refractivity contribution in [2.24, 2.45) is 5.92 Å². The Morgan fingerprint density at radius 3 is 2.53 bits per heavy atom. The molecule has 4 rings (SSSR count). The highest BCUT2D eigenvalue weighted by Gasteiger charge is 2.27. The molecule has 0 bridgehead atoms. The van der Waals surface area contributed by atoms with E-state index in [-0.39, 0.29) is 11.7 Å². The quantitative estimate of drug-likeness (QED) is 0.699. The van der Waals surface area contributed by atoms with E-state index in [0.717, 1.165) is 67.9 Å². The summed E-state index contributed by atoms with van der Waals surface area (Å²) in [5, 5.41) is 3.51. The summed E-state index contributed by atoms with van der Waals surface area (Å²) >= 11 is 0. The molecule has 32 heavy (non-hydrogen) atoms. The Morgan fingerprint density at radius 1 is 1.03 bits per heavy atom. The van der Waals surface area contributed by atoms with Crippen LogP contribution in [0, 0.1) is 5.92 Å². The third-order valence-corrected chi connectivity index (χ3v) is 7.00. The van der Waals surface area contributed by atoms with Gasteiger partial charge in [0.2, 0.25) is 0 Å². The number of rotatable bonds is 7. The molecule has 1 N–H and O–H groups in total. The number of nitrogens with one attached hydrogen (secondary N) is 1. The van der Waals surface area contributed by atoms with Crippen molar-refractivity contribution >= 4 is 11.7 Å². The van der Waals surface area contributed by atoms with E-state index >= 15 is 0 Å². The second kappa shape index (κ2) is 10.3. The van der Waals surface area contributed by atoms with Crippen LogP contribution >= 0.6 is 0 Å². The van der Waals surface area contributed by atoms with Crippen LogP contribution in [0.2, 0.25) is 0 Å². The monoisotopic (exact) mass is 434 g/mol. The van der Waals surface area contributed by atoms with Gasteiger partial charge in [-0.25, -0.2) is 0 Å². The zero-order chi connectivity index (χ0) is 22.5. The van der Waals surface area contributed by atoms with Crippen molar-refractivity contribution < 1.29 is 14.3 Å².